The molecule has 1 unspecified atom stereocenters. The molecule has 1 amide bonds. The minimum absolute atomic E-state index is 0.0545. The van der Waals surface area contributed by atoms with Gasteiger partial charge in [-0.2, -0.15) is 0 Å². The van der Waals surface area contributed by atoms with Crippen molar-refractivity contribution < 1.29 is 4.79 Å². The third-order valence-corrected chi connectivity index (χ3v) is 4.50. The van der Waals surface area contributed by atoms with E-state index in [-0.39, 0.29) is 5.54 Å². The second-order valence-corrected chi connectivity index (χ2v) is 6.02. The van der Waals surface area contributed by atoms with Gasteiger partial charge in [0.2, 0.25) is 5.91 Å². The Morgan fingerprint density at radius 3 is 2.38 bits per heavy atom. The predicted molar refractivity (Wildman–Crippen MR) is 65.2 cm³/mol. The summed E-state index contributed by atoms with van der Waals surface area (Å²) in [4.78, 5) is 16.2. The van der Waals surface area contributed by atoms with Crippen molar-refractivity contribution in [3.05, 3.63) is 0 Å². The highest BCUT2D eigenvalue weighted by Gasteiger charge is 2.44. The molecule has 92 valence electrons. The number of β-lactam (4-membered cyclic amide) rings is 1. The Morgan fingerprint density at radius 2 is 2.00 bits per heavy atom. The van der Waals surface area contributed by atoms with E-state index in [4.69, 9.17) is 0 Å². The van der Waals surface area contributed by atoms with E-state index < -0.39 is 0 Å². The highest BCUT2D eigenvalue weighted by Crippen LogP contribution is 2.35. The van der Waals surface area contributed by atoms with Gasteiger partial charge in [-0.05, 0) is 46.6 Å². The fourth-order valence-electron chi connectivity index (χ4n) is 2.98. The van der Waals surface area contributed by atoms with Crippen LogP contribution in [-0.4, -0.2) is 46.9 Å². The minimum Gasteiger partial charge on any atom is -0.337 e. The van der Waals surface area contributed by atoms with Crippen molar-refractivity contribution in [2.24, 2.45) is 5.92 Å². The lowest BCUT2D eigenvalue weighted by molar-refractivity contribution is -0.149. The van der Waals surface area contributed by atoms with Crippen LogP contribution in [0.3, 0.4) is 0 Å². The van der Waals surface area contributed by atoms with Gasteiger partial charge in [-0.1, -0.05) is 0 Å². The summed E-state index contributed by atoms with van der Waals surface area (Å²) in [6.07, 6.45) is 1.99. The van der Waals surface area contributed by atoms with Crippen molar-refractivity contribution >= 4 is 5.91 Å². The number of nitrogens with zero attached hydrogens (tertiary/aromatic N) is 2. The summed E-state index contributed by atoms with van der Waals surface area (Å²) in [6, 6.07) is 0.632. The van der Waals surface area contributed by atoms with E-state index in [0.717, 1.165) is 19.5 Å². The Labute approximate surface area is 98.8 Å². The fraction of sp³-hybridized carbons (Fsp3) is 0.923. The molecule has 2 aliphatic rings. The SMILES string of the molecule is CC(C)N1CCC(C(C)(C)N2CCC2=O)C1. The largest absolute Gasteiger partial charge is 0.337 e. The normalized spacial score (nSPS) is 27.7. The minimum atomic E-state index is 0.0545. The van der Waals surface area contributed by atoms with Gasteiger partial charge in [-0.15, -0.1) is 0 Å². The molecule has 2 aliphatic heterocycles. The summed E-state index contributed by atoms with van der Waals surface area (Å²) >= 11 is 0. The van der Waals surface area contributed by atoms with E-state index in [9.17, 15) is 4.79 Å². The molecule has 0 N–H and O–H groups in total. The second kappa shape index (κ2) is 4.02. The smallest absolute Gasteiger partial charge is 0.224 e. The lowest BCUT2D eigenvalue weighted by Gasteiger charge is -2.48. The van der Waals surface area contributed by atoms with Crippen LogP contribution >= 0.6 is 0 Å². The third kappa shape index (κ3) is 1.86. The monoisotopic (exact) mass is 224 g/mol. The lowest BCUT2D eigenvalue weighted by Crippen LogP contribution is -2.59. The average molecular weight is 224 g/mol. The standard InChI is InChI=1S/C13H24N2O/c1-10(2)14-7-5-11(9-14)13(3,4)15-8-6-12(15)16/h10-11H,5-9H2,1-4H3. The maximum absolute atomic E-state index is 11.6. The zero-order chi connectivity index (χ0) is 11.9. The quantitative estimate of drug-likeness (QED) is 0.682. The van der Waals surface area contributed by atoms with Crippen LogP contribution in [0.5, 0.6) is 0 Å². The molecule has 0 spiro atoms. The molecule has 2 heterocycles. The molecular weight excluding hydrogens is 200 g/mol. The Hall–Kier alpha value is -0.570. The van der Waals surface area contributed by atoms with Crippen molar-refractivity contribution in [3.8, 4) is 0 Å². The topological polar surface area (TPSA) is 23.6 Å². The van der Waals surface area contributed by atoms with Gasteiger partial charge in [-0.25, -0.2) is 0 Å². The first-order valence-corrected chi connectivity index (χ1v) is 6.47. The molecule has 3 heteroatoms. The third-order valence-electron chi connectivity index (χ3n) is 4.50. The Bertz CT molecular complexity index is 286. The molecule has 0 aromatic rings. The second-order valence-electron chi connectivity index (χ2n) is 6.02. The van der Waals surface area contributed by atoms with Gasteiger partial charge >= 0.3 is 0 Å². The number of likely N-dealkylation sites (tertiary alicyclic amines) is 2. The van der Waals surface area contributed by atoms with E-state index in [1.165, 1.54) is 13.0 Å². The van der Waals surface area contributed by atoms with Crippen molar-refractivity contribution in [3.63, 3.8) is 0 Å². The van der Waals surface area contributed by atoms with Crippen LogP contribution in [0.15, 0.2) is 0 Å². The van der Waals surface area contributed by atoms with Crippen LogP contribution in [-0.2, 0) is 4.79 Å². The van der Waals surface area contributed by atoms with Gasteiger partial charge in [0, 0.05) is 31.1 Å². The molecule has 0 bridgehead atoms. The predicted octanol–water partition coefficient (Wildman–Crippen LogP) is 1.73. The van der Waals surface area contributed by atoms with E-state index in [1.54, 1.807) is 0 Å². The summed E-state index contributed by atoms with van der Waals surface area (Å²) in [6.45, 7) is 12.3. The van der Waals surface area contributed by atoms with Crippen molar-refractivity contribution in [1.82, 2.24) is 9.80 Å². The Morgan fingerprint density at radius 1 is 1.31 bits per heavy atom. The highest BCUT2D eigenvalue weighted by atomic mass is 16.2. The Balaban J connectivity index is 2.00. The van der Waals surface area contributed by atoms with Crippen LogP contribution in [0.4, 0.5) is 0 Å². The number of rotatable bonds is 3. The van der Waals surface area contributed by atoms with Gasteiger partial charge in [0.15, 0.2) is 0 Å². The van der Waals surface area contributed by atoms with Crippen molar-refractivity contribution in [2.45, 2.75) is 52.1 Å². The van der Waals surface area contributed by atoms with E-state index in [1.807, 2.05) is 0 Å². The van der Waals surface area contributed by atoms with E-state index in [2.05, 4.69) is 37.5 Å². The average Bonchev–Trinajstić information content (AvgIpc) is 2.63. The number of carbonyl (C=O) groups is 1. The molecule has 3 nitrogen and oxygen atoms in total. The van der Waals surface area contributed by atoms with Gasteiger partial charge < -0.3 is 9.80 Å². The Kier molecular flexibility index (Phi) is 2.99. The molecule has 2 fully saturated rings. The number of hydrogen-bond acceptors (Lipinski definition) is 2. The lowest BCUT2D eigenvalue weighted by atomic mass is 9.83. The van der Waals surface area contributed by atoms with Crippen LogP contribution in [0.25, 0.3) is 0 Å². The molecule has 0 aromatic carbocycles. The molecule has 2 saturated heterocycles. The molecule has 0 aromatic heterocycles. The molecule has 16 heavy (non-hydrogen) atoms. The van der Waals surface area contributed by atoms with Crippen LogP contribution in [0, 0.1) is 5.92 Å². The summed E-state index contributed by atoms with van der Waals surface area (Å²) in [7, 11) is 0. The molecule has 0 aliphatic carbocycles. The van der Waals surface area contributed by atoms with Crippen molar-refractivity contribution in [2.75, 3.05) is 19.6 Å². The molecule has 2 rings (SSSR count). The molecule has 0 radical (unpaired) electrons. The number of amides is 1. The van der Waals surface area contributed by atoms with Crippen molar-refractivity contribution in [1.29, 1.82) is 0 Å². The number of hydrogen-bond donors (Lipinski definition) is 0. The van der Waals surface area contributed by atoms with Crippen LogP contribution < -0.4 is 0 Å². The van der Waals surface area contributed by atoms with Gasteiger partial charge in [0.25, 0.3) is 0 Å². The molecule has 0 saturated carbocycles. The summed E-state index contributed by atoms with van der Waals surface area (Å²) in [5, 5.41) is 0. The first kappa shape index (κ1) is 11.9. The summed E-state index contributed by atoms with van der Waals surface area (Å²) in [5.41, 5.74) is 0.0545. The zero-order valence-corrected chi connectivity index (χ0v) is 11.0. The van der Waals surface area contributed by atoms with E-state index >= 15 is 0 Å². The van der Waals surface area contributed by atoms with Crippen LogP contribution in [0.1, 0.15) is 40.5 Å². The fourth-order valence-corrected chi connectivity index (χ4v) is 2.98. The van der Waals surface area contributed by atoms with Gasteiger partial charge in [-0.3, -0.25) is 4.79 Å². The zero-order valence-electron chi connectivity index (χ0n) is 11.0. The van der Waals surface area contributed by atoms with Gasteiger partial charge in [0.1, 0.15) is 0 Å². The van der Waals surface area contributed by atoms with E-state index in [0.29, 0.717) is 17.9 Å². The summed E-state index contributed by atoms with van der Waals surface area (Å²) in [5.74, 6) is 0.979. The first-order valence-electron chi connectivity index (χ1n) is 6.47. The molecule has 1 atom stereocenters. The summed E-state index contributed by atoms with van der Waals surface area (Å²) < 4.78 is 0. The highest BCUT2D eigenvalue weighted by molar-refractivity contribution is 5.82. The number of carbonyl (C=O) groups excluding carboxylic acids is 1. The maximum atomic E-state index is 11.6. The van der Waals surface area contributed by atoms with Crippen LogP contribution in [0.2, 0.25) is 0 Å². The maximum Gasteiger partial charge on any atom is 0.224 e. The molecular formula is C13H24N2O. The first-order chi connectivity index (χ1) is 7.43. The van der Waals surface area contributed by atoms with Gasteiger partial charge in [0.05, 0.1) is 0 Å².